The maximum absolute atomic E-state index is 13.5. The molecule has 0 radical (unpaired) electrons. The number of nitrogens with zero attached hydrogens (tertiary/aromatic N) is 2. The van der Waals surface area contributed by atoms with Crippen LogP contribution in [-0.4, -0.2) is 18.0 Å². The van der Waals surface area contributed by atoms with Gasteiger partial charge in [0, 0.05) is 11.6 Å². The second kappa shape index (κ2) is 8.05. The Kier molecular flexibility index (Phi) is 5.32. The zero-order valence-electron chi connectivity index (χ0n) is 16.7. The summed E-state index contributed by atoms with van der Waals surface area (Å²) in [6.45, 7) is 4.47. The van der Waals surface area contributed by atoms with Crippen LogP contribution in [0.15, 0.2) is 66.7 Å². The van der Waals surface area contributed by atoms with E-state index >= 15 is 0 Å². The smallest absolute Gasteiger partial charge is 0.260 e. The van der Waals surface area contributed by atoms with Gasteiger partial charge in [-0.3, -0.25) is 9.69 Å². The van der Waals surface area contributed by atoms with Crippen LogP contribution < -0.4 is 9.64 Å². The van der Waals surface area contributed by atoms with Gasteiger partial charge in [-0.05, 0) is 43.2 Å². The van der Waals surface area contributed by atoms with Crippen LogP contribution in [0.3, 0.4) is 0 Å². The third-order valence-corrected chi connectivity index (χ3v) is 5.91. The van der Waals surface area contributed by atoms with Gasteiger partial charge < -0.3 is 4.74 Å². The van der Waals surface area contributed by atoms with Crippen molar-refractivity contribution in [3.63, 3.8) is 0 Å². The lowest BCUT2D eigenvalue weighted by Crippen LogP contribution is -2.30. The van der Waals surface area contributed by atoms with Crippen molar-refractivity contribution in [1.29, 1.82) is 0 Å². The van der Waals surface area contributed by atoms with Crippen molar-refractivity contribution < 1.29 is 9.53 Å². The molecule has 0 bridgehead atoms. The standard InChI is InChI=1S/C24H22N2O2S/c1-16-9-11-20(17(2)13-16)23(27)26(15-18-7-5-4-6-8-18)24-25-21-14-19(28-3)10-12-22(21)29-24/h4-14H,15H2,1-3H3. The fourth-order valence-corrected chi connectivity index (χ4v) is 4.27. The Morgan fingerprint density at radius 2 is 1.83 bits per heavy atom. The van der Waals surface area contributed by atoms with Crippen LogP contribution in [0.25, 0.3) is 10.2 Å². The quantitative estimate of drug-likeness (QED) is 0.426. The highest BCUT2D eigenvalue weighted by Crippen LogP contribution is 2.33. The number of aryl methyl sites for hydroxylation is 2. The molecule has 4 rings (SSSR count). The number of hydrogen-bond donors (Lipinski definition) is 0. The fourth-order valence-electron chi connectivity index (χ4n) is 3.33. The van der Waals surface area contributed by atoms with Crippen LogP contribution in [0.5, 0.6) is 5.75 Å². The van der Waals surface area contributed by atoms with E-state index in [2.05, 4.69) is 0 Å². The minimum atomic E-state index is -0.0441. The number of rotatable bonds is 5. The van der Waals surface area contributed by atoms with Gasteiger partial charge in [0.1, 0.15) is 5.75 Å². The van der Waals surface area contributed by atoms with E-state index in [0.29, 0.717) is 17.2 Å². The van der Waals surface area contributed by atoms with Crippen molar-refractivity contribution >= 4 is 32.6 Å². The summed E-state index contributed by atoms with van der Waals surface area (Å²) in [6, 6.07) is 21.7. The van der Waals surface area contributed by atoms with E-state index in [9.17, 15) is 4.79 Å². The lowest BCUT2D eigenvalue weighted by atomic mass is 10.0. The van der Waals surface area contributed by atoms with Crippen molar-refractivity contribution in [3.8, 4) is 5.75 Å². The highest BCUT2D eigenvalue weighted by molar-refractivity contribution is 7.22. The summed E-state index contributed by atoms with van der Waals surface area (Å²) in [5.74, 6) is 0.710. The van der Waals surface area contributed by atoms with Gasteiger partial charge in [0.25, 0.3) is 5.91 Å². The maximum Gasteiger partial charge on any atom is 0.260 e. The van der Waals surface area contributed by atoms with Crippen molar-refractivity contribution in [1.82, 2.24) is 4.98 Å². The summed E-state index contributed by atoms with van der Waals surface area (Å²) in [5, 5.41) is 0.682. The van der Waals surface area contributed by atoms with Crippen LogP contribution >= 0.6 is 11.3 Å². The summed E-state index contributed by atoms with van der Waals surface area (Å²) in [7, 11) is 1.64. The van der Waals surface area contributed by atoms with Crippen LogP contribution in [0.1, 0.15) is 27.0 Å². The highest BCUT2D eigenvalue weighted by atomic mass is 32.1. The SMILES string of the molecule is COc1ccc2sc(N(Cc3ccccc3)C(=O)c3ccc(C)cc3C)nc2c1. The number of amides is 1. The first-order valence-corrected chi connectivity index (χ1v) is 10.2. The van der Waals surface area contributed by atoms with Crippen molar-refractivity contribution in [2.75, 3.05) is 12.0 Å². The topological polar surface area (TPSA) is 42.4 Å². The molecule has 4 nitrogen and oxygen atoms in total. The average molecular weight is 403 g/mol. The number of carbonyl (C=O) groups is 1. The first kappa shape index (κ1) is 19.2. The largest absolute Gasteiger partial charge is 0.497 e. The molecule has 1 amide bonds. The molecule has 29 heavy (non-hydrogen) atoms. The van der Waals surface area contributed by atoms with E-state index in [1.807, 2.05) is 80.6 Å². The monoisotopic (exact) mass is 402 g/mol. The van der Waals surface area contributed by atoms with Gasteiger partial charge in [-0.25, -0.2) is 4.98 Å². The molecule has 0 aliphatic heterocycles. The zero-order chi connectivity index (χ0) is 20.4. The minimum Gasteiger partial charge on any atom is -0.497 e. The van der Waals surface area contributed by atoms with Crippen LogP contribution in [0, 0.1) is 13.8 Å². The number of ether oxygens (including phenoxy) is 1. The highest BCUT2D eigenvalue weighted by Gasteiger charge is 2.23. The lowest BCUT2D eigenvalue weighted by molar-refractivity contribution is 0.0984. The predicted molar refractivity (Wildman–Crippen MR) is 119 cm³/mol. The molecule has 1 heterocycles. The Balaban J connectivity index is 1.78. The second-order valence-electron chi connectivity index (χ2n) is 7.03. The number of aromatic nitrogens is 1. The molecule has 146 valence electrons. The van der Waals surface area contributed by atoms with E-state index in [1.54, 1.807) is 12.0 Å². The van der Waals surface area contributed by atoms with E-state index in [0.717, 1.165) is 32.7 Å². The summed E-state index contributed by atoms with van der Waals surface area (Å²) in [6.07, 6.45) is 0. The molecule has 1 aromatic heterocycles. The maximum atomic E-state index is 13.5. The summed E-state index contributed by atoms with van der Waals surface area (Å²) in [4.78, 5) is 20.1. The molecule has 0 fully saturated rings. The number of hydrogen-bond acceptors (Lipinski definition) is 4. The molecule has 0 aliphatic rings. The molecule has 0 unspecified atom stereocenters. The molecule has 0 saturated carbocycles. The summed E-state index contributed by atoms with van der Waals surface area (Å²) < 4.78 is 6.34. The Morgan fingerprint density at radius 1 is 1.03 bits per heavy atom. The number of fused-ring (bicyclic) bond motifs is 1. The lowest BCUT2D eigenvalue weighted by Gasteiger charge is -2.21. The van der Waals surface area contributed by atoms with Crippen LogP contribution in [-0.2, 0) is 6.54 Å². The van der Waals surface area contributed by atoms with Crippen LogP contribution in [0.2, 0.25) is 0 Å². The number of thiazole rings is 1. The molecule has 5 heteroatoms. The van der Waals surface area contributed by atoms with Gasteiger partial charge >= 0.3 is 0 Å². The zero-order valence-corrected chi connectivity index (χ0v) is 17.5. The average Bonchev–Trinajstić information content (AvgIpc) is 3.15. The van der Waals surface area contributed by atoms with Gasteiger partial charge in [0.2, 0.25) is 0 Å². The van der Waals surface area contributed by atoms with Gasteiger partial charge in [-0.1, -0.05) is 59.4 Å². The van der Waals surface area contributed by atoms with Gasteiger partial charge in [0.05, 0.1) is 23.9 Å². The first-order valence-electron chi connectivity index (χ1n) is 9.43. The summed E-state index contributed by atoms with van der Waals surface area (Å²) in [5.41, 5.74) is 4.69. The Bertz CT molecular complexity index is 1170. The van der Waals surface area contributed by atoms with E-state index in [-0.39, 0.29) is 5.91 Å². The molecule has 0 spiro atoms. The summed E-state index contributed by atoms with van der Waals surface area (Å²) >= 11 is 1.51. The van der Waals surface area contributed by atoms with Gasteiger partial charge in [-0.2, -0.15) is 0 Å². The molecule has 3 aromatic carbocycles. The van der Waals surface area contributed by atoms with Crippen molar-refractivity contribution in [3.05, 3.63) is 89.0 Å². The van der Waals surface area contributed by atoms with E-state index in [4.69, 9.17) is 9.72 Å². The molecule has 0 saturated heterocycles. The second-order valence-corrected chi connectivity index (χ2v) is 8.03. The molecule has 0 atom stereocenters. The molecule has 0 aliphatic carbocycles. The van der Waals surface area contributed by atoms with Gasteiger partial charge in [0.15, 0.2) is 5.13 Å². The first-order chi connectivity index (χ1) is 14.0. The van der Waals surface area contributed by atoms with Crippen molar-refractivity contribution in [2.24, 2.45) is 0 Å². The molecule has 0 N–H and O–H groups in total. The molecular formula is C24H22N2O2S. The number of carbonyl (C=O) groups excluding carboxylic acids is 1. The van der Waals surface area contributed by atoms with E-state index < -0.39 is 0 Å². The molecular weight excluding hydrogens is 380 g/mol. The Labute approximate surface area is 174 Å². The number of methoxy groups -OCH3 is 1. The number of benzene rings is 3. The van der Waals surface area contributed by atoms with Crippen LogP contribution in [0.4, 0.5) is 5.13 Å². The third kappa shape index (κ3) is 4.00. The fraction of sp³-hybridized carbons (Fsp3) is 0.167. The third-order valence-electron chi connectivity index (χ3n) is 4.86. The Hall–Kier alpha value is -3.18. The Morgan fingerprint density at radius 3 is 2.55 bits per heavy atom. The number of anilines is 1. The van der Waals surface area contributed by atoms with Crippen molar-refractivity contribution in [2.45, 2.75) is 20.4 Å². The van der Waals surface area contributed by atoms with E-state index in [1.165, 1.54) is 11.3 Å². The predicted octanol–water partition coefficient (Wildman–Crippen LogP) is 5.77. The minimum absolute atomic E-state index is 0.0441. The molecule has 4 aromatic rings. The van der Waals surface area contributed by atoms with Gasteiger partial charge in [-0.15, -0.1) is 0 Å². The normalized spacial score (nSPS) is 10.9.